The van der Waals surface area contributed by atoms with E-state index in [-0.39, 0.29) is 11.6 Å². The molecule has 2 aromatic rings. The molecule has 0 atom stereocenters. The first-order valence-electron chi connectivity index (χ1n) is 8.19. The van der Waals surface area contributed by atoms with Crippen LogP contribution in [0.3, 0.4) is 0 Å². The third-order valence-corrected chi connectivity index (χ3v) is 4.00. The van der Waals surface area contributed by atoms with Crippen LogP contribution in [0.25, 0.3) is 0 Å². The smallest absolute Gasteiger partial charge is 0.428 e. The maximum absolute atomic E-state index is 14.3. The van der Waals surface area contributed by atoms with Gasteiger partial charge < -0.3 is 4.74 Å². The highest BCUT2D eigenvalue weighted by Gasteiger charge is 2.44. The molecule has 0 aliphatic heterocycles. The Hall–Kier alpha value is -2.95. The highest BCUT2D eigenvalue weighted by atomic mass is 35.5. The number of hydrogen-bond donors (Lipinski definition) is 1. The lowest BCUT2D eigenvalue weighted by molar-refractivity contribution is -0.253. The minimum absolute atomic E-state index is 0.200. The topological polar surface area (TPSA) is 58.6 Å². The number of hydrogen-bond acceptors (Lipinski definition) is 3. The lowest BCUT2D eigenvalue weighted by atomic mass is 10.2. The molecule has 0 aromatic heterocycles. The standard InChI is InChI=1S/C18H13ClF6N2O3/c1-2-27(17(29)26-15(28)14-10(19)4-3-5-11(14)20)13-7-6-9(8-12(13)21)30-18(24,25)16(22)23/h3-8,16H,2H2,1H3,(H,26,28,29). The summed E-state index contributed by atoms with van der Waals surface area (Å²) in [6, 6.07) is 4.15. The van der Waals surface area contributed by atoms with Crippen LogP contribution in [0.1, 0.15) is 17.3 Å². The van der Waals surface area contributed by atoms with E-state index in [1.165, 1.54) is 19.1 Å². The van der Waals surface area contributed by atoms with Crippen molar-refractivity contribution < 1.29 is 40.7 Å². The third-order valence-electron chi connectivity index (χ3n) is 3.69. The van der Waals surface area contributed by atoms with Gasteiger partial charge in [-0.3, -0.25) is 15.0 Å². The number of alkyl halides is 4. The van der Waals surface area contributed by atoms with E-state index in [2.05, 4.69) is 4.74 Å². The molecule has 162 valence electrons. The number of ether oxygens (including phenoxy) is 1. The fourth-order valence-electron chi connectivity index (χ4n) is 2.34. The molecule has 2 aromatic carbocycles. The van der Waals surface area contributed by atoms with Crippen LogP contribution in [0.4, 0.5) is 36.8 Å². The van der Waals surface area contributed by atoms with E-state index in [4.69, 9.17) is 11.6 Å². The van der Waals surface area contributed by atoms with Gasteiger partial charge in [0.25, 0.3) is 5.91 Å². The molecule has 30 heavy (non-hydrogen) atoms. The molecular weight excluding hydrogens is 442 g/mol. The first kappa shape index (κ1) is 23.3. The summed E-state index contributed by atoms with van der Waals surface area (Å²) < 4.78 is 82.1. The van der Waals surface area contributed by atoms with E-state index in [1.54, 1.807) is 0 Å². The Balaban J connectivity index is 2.22. The number of anilines is 1. The van der Waals surface area contributed by atoms with Gasteiger partial charge in [-0.05, 0) is 31.2 Å². The van der Waals surface area contributed by atoms with Crippen molar-refractivity contribution >= 4 is 29.2 Å². The second-order valence-electron chi connectivity index (χ2n) is 5.68. The normalized spacial score (nSPS) is 11.4. The molecule has 0 saturated heterocycles. The molecule has 0 fully saturated rings. The zero-order valence-electron chi connectivity index (χ0n) is 15.1. The number of benzene rings is 2. The summed E-state index contributed by atoms with van der Waals surface area (Å²) in [7, 11) is 0. The van der Waals surface area contributed by atoms with Gasteiger partial charge in [-0.25, -0.2) is 13.6 Å². The summed E-state index contributed by atoms with van der Waals surface area (Å²) in [6.07, 6.45) is -8.99. The largest absolute Gasteiger partial charge is 0.461 e. The van der Waals surface area contributed by atoms with Crippen molar-refractivity contribution in [2.75, 3.05) is 11.4 Å². The summed E-state index contributed by atoms with van der Waals surface area (Å²) in [5, 5.41) is 1.56. The van der Waals surface area contributed by atoms with Gasteiger partial charge in [0, 0.05) is 12.6 Å². The van der Waals surface area contributed by atoms with E-state index in [1.807, 2.05) is 5.32 Å². The van der Waals surface area contributed by atoms with Gasteiger partial charge in [0.1, 0.15) is 11.6 Å². The van der Waals surface area contributed by atoms with Gasteiger partial charge in [-0.2, -0.15) is 17.6 Å². The fraction of sp³-hybridized carbons (Fsp3) is 0.222. The van der Waals surface area contributed by atoms with Crippen LogP contribution in [-0.4, -0.2) is 31.0 Å². The molecule has 12 heteroatoms. The minimum Gasteiger partial charge on any atom is -0.428 e. The number of rotatable bonds is 6. The van der Waals surface area contributed by atoms with Gasteiger partial charge in [-0.1, -0.05) is 17.7 Å². The number of imide groups is 1. The lowest BCUT2D eigenvalue weighted by Crippen LogP contribution is -2.43. The van der Waals surface area contributed by atoms with Crippen LogP contribution in [0.2, 0.25) is 5.02 Å². The molecular formula is C18H13ClF6N2O3. The van der Waals surface area contributed by atoms with Crippen LogP contribution in [0.15, 0.2) is 36.4 Å². The van der Waals surface area contributed by atoms with Crippen molar-refractivity contribution in [2.45, 2.75) is 19.5 Å². The van der Waals surface area contributed by atoms with Crippen molar-refractivity contribution in [1.29, 1.82) is 0 Å². The van der Waals surface area contributed by atoms with E-state index in [0.29, 0.717) is 11.0 Å². The molecule has 0 saturated carbocycles. The van der Waals surface area contributed by atoms with Gasteiger partial charge in [0.15, 0.2) is 5.82 Å². The molecule has 0 spiro atoms. The van der Waals surface area contributed by atoms with E-state index >= 15 is 0 Å². The third kappa shape index (κ3) is 5.15. The number of halogens is 7. The molecule has 5 nitrogen and oxygen atoms in total. The molecule has 0 radical (unpaired) electrons. The first-order valence-corrected chi connectivity index (χ1v) is 8.57. The number of carbonyl (C=O) groups excluding carboxylic acids is 2. The predicted molar refractivity (Wildman–Crippen MR) is 95.3 cm³/mol. The van der Waals surface area contributed by atoms with Gasteiger partial charge in [0.2, 0.25) is 0 Å². The van der Waals surface area contributed by atoms with E-state index in [9.17, 15) is 35.9 Å². The molecule has 0 heterocycles. The van der Waals surface area contributed by atoms with E-state index in [0.717, 1.165) is 18.2 Å². The zero-order valence-corrected chi connectivity index (χ0v) is 15.8. The molecule has 1 N–H and O–H groups in total. The molecule has 0 aliphatic carbocycles. The first-order chi connectivity index (χ1) is 14.0. The zero-order chi connectivity index (χ0) is 22.6. The Labute approximate surface area is 171 Å². The highest BCUT2D eigenvalue weighted by molar-refractivity contribution is 6.34. The number of nitrogens with zero attached hydrogens (tertiary/aromatic N) is 1. The molecule has 2 rings (SSSR count). The van der Waals surface area contributed by atoms with Crippen molar-refractivity contribution in [1.82, 2.24) is 5.32 Å². The maximum atomic E-state index is 14.3. The SMILES string of the molecule is CCN(C(=O)NC(=O)c1c(F)cccc1Cl)c1ccc(OC(F)(F)C(F)F)cc1F. The summed E-state index contributed by atoms with van der Waals surface area (Å²) in [4.78, 5) is 25.2. The predicted octanol–water partition coefficient (Wildman–Crippen LogP) is 5.23. The van der Waals surface area contributed by atoms with Gasteiger partial charge in [-0.15, -0.1) is 0 Å². The minimum atomic E-state index is -4.85. The Morgan fingerprint density at radius 2 is 1.83 bits per heavy atom. The summed E-state index contributed by atoms with van der Waals surface area (Å²) in [5.74, 6) is -4.37. The molecule has 0 unspecified atom stereocenters. The quantitative estimate of drug-likeness (QED) is 0.608. The number of nitrogens with one attached hydrogen (secondary N) is 1. The Morgan fingerprint density at radius 3 is 2.37 bits per heavy atom. The van der Waals surface area contributed by atoms with Crippen LogP contribution in [0, 0.1) is 11.6 Å². The molecule has 0 aliphatic rings. The summed E-state index contributed by atoms with van der Waals surface area (Å²) in [6.45, 7) is 1.20. The number of urea groups is 1. The van der Waals surface area contributed by atoms with Gasteiger partial charge in [0.05, 0.1) is 16.3 Å². The van der Waals surface area contributed by atoms with Crippen molar-refractivity contribution in [2.24, 2.45) is 0 Å². The summed E-state index contributed by atoms with van der Waals surface area (Å²) >= 11 is 5.74. The maximum Gasteiger partial charge on any atom is 0.461 e. The van der Waals surface area contributed by atoms with Crippen molar-refractivity contribution in [3.8, 4) is 5.75 Å². The second-order valence-corrected chi connectivity index (χ2v) is 6.09. The number of carbonyl (C=O) groups is 2. The summed E-state index contributed by atoms with van der Waals surface area (Å²) in [5.41, 5.74) is -1.09. The van der Waals surface area contributed by atoms with E-state index < -0.39 is 53.1 Å². The molecule has 3 amide bonds. The number of amides is 3. The highest BCUT2D eigenvalue weighted by Crippen LogP contribution is 2.30. The average Bonchev–Trinajstić information content (AvgIpc) is 2.63. The molecule has 0 bridgehead atoms. The Morgan fingerprint density at radius 1 is 1.17 bits per heavy atom. The van der Waals surface area contributed by atoms with Gasteiger partial charge >= 0.3 is 18.6 Å². The monoisotopic (exact) mass is 454 g/mol. The van der Waals surface area contributed by atoms with Crippen LogP contribution >= 0.6 is 11.6 Å². The van der Waals surface area contributed by atoms with Crippen LogP contribution in [-0.2, 0) is 0 Å². The van der Waals surface area contributed by atoms with Crippen molar-refractivity contribution in [3.63, 3.8) is 0 Å². The van der Waals surface area contributed by atoms with Crippen LogP contribution < -0.4 is 15.0 Å². The fourth-order valence-corrected chi connectivity index (χ4v) is 2.59. The van der Waals surface area contributed by atoms with Crippen LogP contribution in [0.5, 0.6) is 5.75 Å². The van der Waals surface area contributed by atoms with Crippen molar-refractivity contribution in [3.05, 3.63) is 58.6 Å². The Bertz CT molecular complexity index is 937. The lowest BCUT2D eigenvalue weighted by Gasteiger charge is -2.23. The Kier molecular flexibility index (Phi) is 7.19. The second kappa shape index (κ2) is 9.24. The average molecular weight is 455 g/mol.